The van der Waals surface area contributed by atoms with Crippen LogP contribution in [0.4, 0.5) is 5.82 Å². The van der Waals surface area contributed by atoms with E-state index in [0.717, 1.165) is 11.3 Å². The Morgan fingerprint density at radius 3 is 2.54 bits per heavy atom. The Labute approximate surface area is 141 Å². The number of benzene rings is 2. The van der Waals surface area contributed by atoms with Crippen LogP contribution in [-0.4, -0.2) is 11.2 Å². The van der Waals surface area contributed by atoms with E-state index >= 15 is 0 Å². The maximum Gasteiger partial charge on any atom is 0.146 e. The van der Waals surface area contributed by atoms with Gasteiger partial charge in [0.1, 0.15) is 18.2 Å². The number of aryl methyl sites for hydroxylation is 1. The monoisotopic (exact) mass is 317 g/mol. The summed E-state index contributed by atoms with van der Waals surface area (Å²) in [6.07, 6.45) is 3.47. The number of hydrogen-bond acceptors (Lipinski definition) is 4. The number of pyridine rings is 1. The first kappa shape index (κ1) is 15.7. The van der Waals surface area contributed by atoms with Crippen LogP contribution in [0.15, 0.2) is 78.0 Å². The number of nitrogens with one attached hydrogen (secondary N) is 1. The third kappa shape index (κ3) is 4.43. The van der Waals surface area contributed by atoms with Gasteiger partial charge in [-0.05, 0) is 60.0 Å². The SMILES string of the molecule is Cc1ccccc1COc1ccc(C=NNc2ccccn2)cc1. The summed E-state index contributed by atoms with van der Waals surface area (Å²) >= 11 is 0. The van der Waals surface area contributed by atoms with E-state index in [1.54, 1.807) is 12.4 Å². The highest BCUT2D eigenvalue weighted by Gasteiger charge is 1.99. The third-order valence-corrected chi connectivity index (χ3v) is 3.59. The Kier molecular flexibility index (Phi) is 5.20. The highest BCUT2D eigenvalue weighted by molar-refractivity contribution is 5.80. The minimum Gasteiger partial charge on any atom is -0.489 e. The van der Waals surface area contributed by atoms with Gasteiger partial charge in [0.2, 0.25) is 0 Å². The average molecular weight is 317 g/mol. The minimum atomic E-state index is 0.571. The van der Waals surface area contributed by atoms with E-state index in [9.17, 15) is 0 Å². The van der Waals surface area contributed by atoms with Crippen molar-refractivity contribution < 1.29 is 4.74 Å². The Morgan fingerprint density at radius 1 is 1.00 bits per heavy atom. The lowest BCUT2D eigenvalue weighted by atomic mass is 10.1. The molecule has 2 aromatic carbocycles. The standard InChI is InChI=1S/C20H19N3O/c1-16-6-2-3-7-18(16)15-24-19-11-9-17(10-12-19)14-22-23-20-8-4-5-13-21-20/h2-14H,15H2,1H3,(H,21,23). The average Bonchev–Trinajstić information content (AvgIpc) is 2.63. The smallest absolute Gasteiger partial charge is 0.146 e. The van der Waals surface area contributed by atoms with Crippen LogP contribution in [0.2, 0.25) is 0 Å². The van der Waals surface area contributed by atoms with Crippen molar-refractivity contribution in [3.8, 4) is 5.75 Å². The summed E-state index contributed by atoms with van der Waals surface area (Å²) in [6.45, 7) is 2.66. The zero-order valence-electron chi connectivity index (χ0n) is 13.5. The van der Waals surface area contributed by atoms with Gasteiger partial charge in [0.25, 0.3) is 0 Å². The second-order valence-electron chi connectivity index (χ2n) is 5.37. The van der Waals surface area contributed by atoms with Crippen LogP contribution in [0.3, 0.4) is 0 Å². The van der Waals surface area contributed by atoms with Gasteiger partial charge in [0.15, 0.2) is 0 Å². The van der Waals surface area contributed by atoms with Crippen LogP contribution in [0.25, 0.3) is 0 Å². The highest BCUT2D eigenvalue weighted by atomic mass is 16.5. The molecule has 120 valence electrons. The molecule has 0 saturated heterocycles. The van der Waals surface area contributed by atoms with Gasteiger partial charge in [-0.2, -0.15) is 5.10 Å². The van der Waals surface area contributed by atoms with Crippen molar-refractivity contribution in [2.45, 2.75) is 13.5 Å². The Balaban J connectivity index is 1.54. The molecule has 1 heterocycles. The molecular formula is C20H19N3O. The van der Waals surface area contributed by atoms with Crippen molar-refractivity contribution in [1.29, 1.82) is 0 Å². The number of hydrogen-bond donors (Lipinski definition) is 1. The molecular weight excluding hydrogens is 298 g/mol. The topological polar surface area (TPSA) is 46.5 Å². The summed E-state index contributed by atoms with van der Waals surface area (Å²) in [7, 11) is 0. The van der Waals surface area contributed by atoms with Crippen molar-refractivity contribution in [1.82, 2.24) is 4.98 Å². The van der Waals surface area contributed by atoms with E-state index in [1.807, 2.05) is 54.6 Å². The van der Waals surface area contributed by atoms with Crippen LogP contribution >= 0.6 is 0 Å². The fourth-order valence-corrected chi connectivity index (χ4v) is 2.19. The molecule has 0 aliphatic carbocycles. The Bertz CT molecular complexity index is 799. The lowest BCUT2D eigenvalue weighted by Crippen LogP contribution is -1.97. The second kappa shape index (κ2) is 7.92. The summed E-state index contributed by atoms with van der Waals surface area (Å²) in [5.41, 5.74) is 6.31. The summed E-state index contributed by atoms with van der Waals surface area (Å²) in [5, 5.41) is 4.17. The van der Waals surface area contributed by atoms with E-state index in [1.165, 1.54) is 11.1 Å². The van der Waals surface area contributed by atoms with Gasteiger partial charge < -0.3 is 4.74 Å². The van der Waals surface area contributed by atoms with Gasteiger partial charge in [-0.1, -0.05) is 30.3 Å². The molecule has 1 N–H and O–H groups in total. The molecule has 0 aliphatic heterocycles. The van der Waals surface area contributed by atoms with Crippen LogP contribution < -0.4 is 10.2 Å². The largest absolute Gasteiger partial charge is 0.489 e. The Hall–Kier alpha value is -3.14. The number of anilines is 1. The van der Waals surface area contributed by atoms with Crippen molar-refractivity contribution >= 4 is 12.0 Å². The molecule has 3 rings (SSSR count). The first-order valence-electron chi connectivity index (χ1n) is 7.79. The summed E-state index contributed by atoms with van der Waals surface area (Å²) in [4.78, 5) is 4.14. The van der Waals surface area contributed by atoms with Crippen LogP contribution in [0, 0.1) is 6.92 Å². The molecule has 0 unspecified atom stereocenters. The van der Waals surface area contributed by atoms with Crippen molar-refractivity contribution in [2.75, 3.05) is 5.43 Å². The first-order valence-corrected chi connectivity index (χ1v) is 7.79. The van der Waals surface area contributed by atoms with E-state index in [4.69, 9.17) is 4.74 Å². The molecule has 1 aromatic heterocycles. The van der Waals surface area contributed by atoms with Crippen LogP contribution in [-0.2, 0) is 6.61 Å². The number of rotatable bonds is 6. The summed E-state index contributed by atoms with van der Waals surface area (Å²) in [5.74, 6) is 1.56. The van der Waals surface area contributed by atoms with Gasteiger partial charge in [0, 0.05) is 6.20 Å². The van der Waals surface area contributed by atoms with Crippen LogP contribution in [0.5, 0.6) is 5.75 Å². The van der Waals surface area contributed by atoms with Crippen molar-refractivity contribution in [3.05, 3.63) is 89.6 Å². The fourth-order valence-electron chi connectivity index (χ4n) is 2.19. The zero-order valence-corrected chi connectivity index (χ0v) is 13.5. The molecule has 0 atom stereocenters. The number of nitrogens with zero attached hydrogens (tertiary/aromatic N) is 2. The van der Waals surface area contributed by atoms with Crippen molar-refractivity contribution in [2.24, 2.45) is 5.10 Å². The number of ether oxygens (including phenoxy) is 1. The van der Waals surface area contributed by atoms with Crippen molar-refractivity contribution in [3.63, 3.8) is 0 Å². The Morgan fingerprint density at radius 2 is 1.79 bits per heavy atom. The lowest BCUT2D eigenvalue weighted by Gasteiger charge is -2.08. The predicted molar refractivity (Wildman–Crippen MR) is 97.4 cm³/mol. The summed E-state index contributed by atoms with van der Waals surface area (Å²) in [6, 6.07) is 21.7. The molecule has 0 aliphatic rings. The molecule has 0 bridgehead atoms. The third-order valence-electron chi connectivity index (χ3n) is 3.59. The second-order valence-corrected chi connectivity index (χ2v) is 5.37. The first-order chi connectivity index (χ1) is 11.8. The maximum atomic E-state index is 5.83. The quantitative estimate of drug-likeness (QED) is 0.541. The van der Waals surface area contributed by atoms with E-state index in [2.05, 4.69) is 34.6 Å². The normalized spacial score (nSPS) is 10.7. The van der Waals surface area contributed by atoms with E-state index in [0.29, 0.717) is 12.4 Å². The molecule has 0 fully saturated rings. The van der Waals surface area contributed by atoms with E-state index < -0.39 is 0 Å². The molecule has 24 heavy (non-hydrogen) atoms. The maximum absolute atomic E-state index is 5.83. The molecule has 0 radical (unpaired) electrons. The number of hydrazone groups is 1. The molecule has 0 saturated carbocycles. The summed E-state index contributed by atoms with van der Waals surface area (Å²) < 4.78 is 5.83. The molecule has 3 aromatic rings. The molecule has 4 heteroatoms. The fraction of sp³-hybridized carbons (Fsp3) is 0.100. The molecule has 0 amide bonds. The van der Waals surface area contributed by atoms with Gasteiger partial charge >= 0.3 is 0 Å². The minimum absolute atomic E-state index is 0.571. The van der Waals surface area contributed by atoms with Gasteiger partial charge in [0.05, 0.1) is 6.21 Å². The molecule has 4 nitrogen and oxygen atoms in total. The number of aromatic nitrogens is 1. The van der Waals surface area contributed by atoms with Gasteiger partial charge in [-0.3, -0.25) is 5.43 Å². The molecule has 0 spiro atoms. The van der Waals surface area contributed by atoms with Gasteiger partial charge in [-0.25, -0.2) is 4.98 Å². The predicted octanol–water partition coefficient (Wildman–Crippen LogP) is 4.42. The highest BCUT2D eigenvalue weighted by Crippen LogP contribution is 2.15. The van der Waals surface area contributed by atoms with Crippen LogP contribution in [0.1, 0.15) is 16.7 Å². The van der Waals surface area contributed by atoms with Gasteiger partial charge in [-0.15, -0.1) is 0 Å². The zero-order chi connectivity index (χ0) is 16.6. The lowest BCUT2D eigenvalue weighted by molar-refractivity contribution is 0.305. The van der Waals surface area contributed by atoms with E-state index in [-0.39, 0.29) is 0 Å².